The number of hydrogen-bond donors (Lipinski definition) is 1. The maximum Gasteiger partial charge on any atom is 1.00 e. The zero-order chi connectivity index (χ0) is 22.1. The first kappa shape index (κ1) is 30.0. The van der Waals surface area contributed by atoms with E-state index in [1.165, 1.54) is 13.8 Å². The molecule has 0 heterocycles. The van der Waals surface area contributed by atoms with Crippen molar-refractivity contribution in [3.05, 3.63) is 24.3 Å². The summed E-state index contributed by atoms with van der Waals surface area (Å²) in [4.78, 5) is 36.2. The van der Waals surface area contributed by atoms with Crippen LogP contribution in [0.15, 0.2) is 24.3 Å². The molecule has 1 atom stereocenters. The van der Waals surface area contributed by atoms with Crippen LogP contribution < -0.4 is 29.6 Å². The number of ether oxygens (including phenoxy) is 3. The summed E-state index contributed by atoms with van der Waals surface area (Å²) in [7, 11) is -4.40. The molecule has 1 unspecified atom stereocenters. The van der Waals surface area contributed by atoms with Crippen LogP contribution in [0.3, 0.4) is 0 Å². The molecule has 0 bridgehead atoms. The van der Waals surface area contributed by atoms with Gasteiger partial charge in [0.2, 0.25) is 0 Å². The first-order chi connectivity index (χ1) is 12.8. The molecule has 0 aliphatic carbocycles. The second-order valence-electron chi connectivity index (χ2n) is 6.67. The third-order valence-corrected chi connectivity index (χ3v) is 4.93. The molecule has 0 aliphatic heterocycles. The zero-order valence-electron chi connectivity index (χ0n) is 18.6. The topological polar surface area (TPSA) is 133 Å². The summed E-state index contributed by atoms with van der Waals surface area (Å²) >= 11 is 0. The van der Waals surface area contributed by atoms with Crippen molar-refractivity contribution in [2.45, 2.75) is 45.8 Å². The molecule has 1 N–H and O–H groups in total. The van der Waals surface area contributed by atoms with E-state index in [-0.39, 0.29) is 48.6 Å². The van der Waals surface area contributed by atoms with Crippen molar-refractivity contribution in [2.24, 2.45) is 5.41 Å². The second-order valence-corrected chi connectivity index (χ2v) is 8.50. The van der Waals surface area contributed by atoms with Gasteiger partial charge >= 0.3 is 47.5 Å². The Balaban J connectivity index is -0.00000364. The normalized spacial score (nSPS) is 12.2. The van der Waals surface area contributed by atoms with Gasteiger partial charge in [0.05, 0.1) is 0 Å². The molecule has 0 aromatic rings. The summed E-state index contributed by atoms with van der Waals surface area (Å²) < 4.78 is 46.4. The molecule has 9 nitrogen and oxygen atoms in total. The number of carbonyl (C=O) groups excluding carboxylic acids is 3. The van der Waals surface area contributed by atoms with Crippen LogP contribution in [0, 0.1) is 5.41 Å². The van der Waals surface area contributed by atoms with Crippen LogP contribution in [-0.4, -0.2) is 55.9 Å². The smallest absolute Gasteiger partial charge is 1.00 e. The summed E-state index contributed by atoms with van der Waals surface area (Å²) in [6.07, 6.45) is 0.567. The summed E-state index contributed by atoms with van der Waals surface area (Å²) in [5, 5.41) is -1.35. The fraction of sp³-hybridized carbons (Fsp3) is 0.611. The predicted molar refractivity (Wildman–Crippen MR) is 102 cm³/mol. The molecular weight excluding hydrogens is 415 g/mol. The van der Waals surface area contributed by atoms with E-state index < -0.39 is 58.5 Å². The van der Waals surface area contributed by atoms with Crippen molar-refractivity contribution in [1.29, 1.82) is 0 Å². The molecule has 0 saturated heterocycles. The molecule has 162 valence electrons. The maximum absolute atomic E-state index is 12.7. The number of carbonyl (C=O) groups is 3. The Kier molecular flexibility index (Phi) is 13.6. The van der Waals surface area contributed by atoms with Crippen molar-refractivity contribution < 1.29 is 72.5 Å². The monoisotopic (exact) mass is 444 g/mol. The number of hydrogen-bond acceptors (Lipinski definition) is 8. The van der Waals surface area contributed by atoms with E-state index in [4.69, 9.17) is 18.8 Å². The molecule has 29 heavy (non-hydrogen) atoms. The summed E-state index contributed by atoms with van der Waals surface area (Å²) in [5.41, 5.74) is -1.33. The van der Waals surface area contributed by atoms with E-state index in [9.17, 15) is 22.8 Å². The van der Waals surface area contributed by atoms with Crippen LogP contribution in [0.1, 0.15) is 42.0 Å². The third kappa shape index (κ3) is 10.4. The molecular formula is C18H29NaO9S. The van der Waals surface area contributed by atoms with Crippen molar-refractivity contribution in [1.82, 2.24) is 0 Å². The molecule has 0 aromatic heterocycles. The first-order valence-corrected chi connectivity index (χ1v) is 10.1. The van der Waals surface area contributed by atoms with Gasteiger partial charge in [-0.25, -0.2) is 9.59 Å². The molecule has 0 saturated carbocycles. The molecule has 0 radical (unpaired) electrons. The van der Waals surface area contributed by atoms with E-state index in [2.05, 4.69) is 13.2 Å². The van der Waals surface area contributed by atoms with Gasteiger partial charge in [-0.05, 0) is 27.2 Å². The molecule has 11 heteroatoms. The Bertz CT molecular complexity index is 704. The Hall–Kier alpha value is -1.20. The Morgan fingerprint density at radius 2 is 1.45 bits per heavy atom. The van der Waals surface area contributed by atoms with E-state index in [1.54, 1.807) is 6.92 Å². The minimum Gasteiger partial charge on any atom is -1.00 e. The van der Waals surface area contributed by atoms with Crippen molar-refractivity contribution in [2.75, 3.05) is 19.8 Å². The van der Waals surface area contributed by atoms with Crippen molar-refractivity contribution >= 4 is 28.0 Å². The van der Waals surface area contributed by atoms with Crippen molar-refractivity contribution in [3.63, 3.8) is 0 Å². The van der Waals surface area contributed by atoms with Gasteiger partial charge in [-0.3, -0.25) is 9.35 Å². The third-order valence-electron chi connectivity index (χ3n) is 3.78. The van der Waals surface area contributed by atoms with E-state index in [1.807, 2.05) is 0 Å². The average molecular weight is 444 g/mol. The van der Waals surface area contributed by atoms with E-state index >= 15 is 0 Å². The quantitative estimate of drug-likeness (QED) is 0.132. The molecule has 0 fully saturated rings. The maximum atomic E-state index is 12.7. The zero-order valence-corrected chi connectivity index (χ0v) is 20.5. The fourth-order valence-corrected chi connectivity index (χ4v) is 2.21. The largest absolute Gasteiger partial charge is 1.00 e. The molecule has 0 spiro atoms. The summed E-state index contributed by atoms with van der Waals surface area (Å²) in [6.45, 7) is 11.1. The molecule has 0 rings (SSSR count). The number of rotatable bonds is 12. The van der Waals surface area contributed by atoms with Gasteiger partial charge in [0.1, 0.15) is 30.5 Å². The SMILES string of the molecule is C=C(C)C(=O)OCC(CCC)(COC(=O)C(=C)C)C(=O)OCC(C)S(=O)(=O)O.[H-].[Na+]. The van der Waals surface area contributed by atoms with Gasteiger partial charge in [-0.15, -0.1) is 0 Å². The molecule has 0 aliphatic rings. The fourth-order valence-electron chi connectivity index (χ4n) is 1.97. The van der Waals surface area contributed by atoms with Crippen LogP contribution in [0.5, 0.6) is 0 Å². The van der Waals surface area contributed by atoms with Gasteiger partial charge in [0.25, 0.3) is 10.1 Å². The molecule has 0 aromatic carbocycles. The predicted octanol–water partition coefficient (Wildman–Crippen LogP) is -1.05. The van der Waals surface area contributed by atoms with Gasteiger partial charge in [-0.1, -0.05) is 26.5 Å². The minimum atomic E-state index is -4.40. The van der Waals surface area contributed by atoms with Gasteiger partial charge in [0, 0.05) is 11.1 Å². The van der Waals surface area contributed by atoms with Crippen molar-refractivity contribution in [3.8, 4) is 0 Å². The van der Waals surface area contributed by atoms with Crippen LogP contribution in [0.2, 0.25) is 0 Å². The number of esters is 3. The van der Waals surface area contributed by atoms with Gasteiger partial charge in [-0.2, -0.15) is 8.42 Å². The van der Waals surface area contributed by atoms with Gasteiger partial charge in [0.15, 0.2) is 0 Å². The Morgan fingerprint density at radius 1 is 1.03 bits per heavy atom. The summed E-state index contributed by atoms with van der Waals surface area (Å²) in [6, 6.07) is 0. The van der Waals surface area contributed by atoms with Crippen LogP contribution >= 0.6 is 0 Å². The van der Waals surface area contributed by atoms with E-state index in [0.717, 1.165) is 6.92 Å². The van der Waals surface area contributed by atoms with E-state index in [0.29, 0.717) is 6.42 Å². The minimum absolute atomic E-state index is 0. The van der Waals surface area contributed by atoms with Crippen LogP contribution in [0.4, 0.5) is 0 Å². The standard InChI is InChI=1S/C18H28O9S.Na.H/c1-7-8-18(10-26-15(19)12(2)3,11-27-16(20)13(4)5)17(21)25-9-14(6)28(22,23)24;;/h14H,2,4,7-11H2,1,3,5-6H3,(H,22,23,24);;/q;+1;-1. The average Bonchev–Trinajstić information content (AvgIpc) is 2.59. The van der Waals surface area contributed by atoms with Gasteiger partial charge < -0.3 is 15.6 Å². The first-order valence-electron chi connectivity index (χ1n) is 8.55. The second kappa shape index (κ2) is 13.2. The molecule has 0 amide bonds. The summed E-state index contributed by atoms with van der Waals surface area (Å²) in [5.74, 6) is -2.41. The Labute approximate surface area is 195 Å². The van der Waals surface area contributed by atoms with Crippen LogP contribution in [-0.2, 0) is 38.7 Å². The van der Waals surface area contributed by atoms with Crippen LogP contribution in [0.25, 0.3) is 0 Å². The Morgan fingerprint density at radius 3 is 1.76 bits per heavy atom.